The molecule has 1 aromatic heterocycles. The molecule has 0 fully saturated rings. The largest absolute Gasteiger partial charge is 0.488 e. The van der Waals surface area contributed by atoms with E-state index in [4.69, 9.17) is 15.2 Å². The highest BCUT2D eigenvalue weighted by molar-refractivity contribution is 7.09. The zero-order valence-corrected chi connectivity index (χ0v) is 11.7. The Kier molecular flexibility index (Phi) is 4.27. The molecule has 0 unspecified atom stereocenters. The van der Waals surface area contributed by atoms with Crippen molar-refractivity contribution in [3.8, 4) is 11.5 Å². The summed E-state index contributed by atoms with van der Waals surface area (Å²) in [6.07, 6.45) is -0.108. The van der Waals surface area contributed by atoms with Gasteiger partial charge in [-0.1, -0.05) is 6.07 Å². The second-order valence-corrected chi connectivity index (χ2v) is 5.39. The van der Waals surface area contributed by atoms with Gasteiger partial charge in [0.1, 0.15) is 12.4 Å². The molecule has 0 atom stereocenters. The van der Waals surface area contributed by atoms with Crippen molar-refractivity contribution in [2.24, 2.45) is 0 Å². The van der Waals surface area contributed by atoms with Crippen molar-refractivity contribution < 1.29 is 13.9 Å². The van der Waals surface area contributed by atoms with Crippen LogP contribution in [-0.2, 0) is 6.61 Å². The number of anilines is 1. The molecule has 0 amide bonds. The van der Waals surface area contributed by atoms with Gasteiger partial charge in [0.05, 0.1) is 11.8 Å². The predicted octanol–water partition coefficient (Wildman–Crippen LogP) is 3.84. The molecule has 0 bridgehead atoms. The van der Waals surface area contributed by atoms with Gasteiger partial charge >= 0.3 is 0 Å². The molecular weight excluding hydrogens is 265 g/mol. The minimum absolute atomic E-state index is 0.108. The van der Waals surface area contributed by atoms with Gasteiger partial charge in [-0.3, -0.25) is 0 Å². The Balaban J connectivity index is 2.15. The number of rotatable bonds is 5. The summed E-state index contributed by atoms with van der Waals surface area (Å²) in [5, 5.41) is 1.97. The second kappa shape index (κ2) is 5.93. The van der Waals surface area contributed by atoms with Gasteiger partial charge in [0, 0.05) is 17.0 Å². The molecule has 5 heteroatoms. The van der Waals surface area contributed by atoms with Crippen LogP contribution < -0.4 is 15.2 Å². The van der Waals surface area contributed by atoms with E-state index in [9.17, 15) is 4.39 Å². The number of thiophene rings is 1. The number of nitrogens with two attached hydrogens (primary N) is 1. The van der Waals surface area contributed by atoms with Crippen molar-refractivity contribution in [3.63, 3.8) is 0 Å². The molecule has 0 saturated heterocycles. The molecule has 0 aliphatic carbocycles. The van der Waals surface area contributed by atoms with Crippen LogP contribution in [0.5, 0.6) is 11.5 Å². The highest BCUT2D eigenvalue weighted by Gasteiger charge is 2.11. The Hall–Kier alpha value is -1.75. The molecule has 2 rings (SSSR count). The third kappa shape index (κ3) is 3.61. The fraction of sp³-hybridized carbons (Fsp3) is 0.286. The molecular formula is C14H16FNO2S. The summed E-state index contributed by atoms with van der Waals surface area (Å²) < 4.78 is 24.6. The first-order valence-electron chi connectivity index (χ1n) is 5.97. The first-order chi connectivity index (χ1) is 9.06. The zero-order chi connectivity index (χ0) is 13.8. The number of hydrogen-bond acceptors (Lipinski definition) is 4. The lowest BCUT2D eigenvalue weighted by Gasteiger charge is -2.14. The Morgan fingerprint density at radius 3 is 2.74 bits per heavy atom. The molecule has 1 aromatic carbocycles. The lowest BCUT2D eigenvalue weighted by atomic mass is 10.2. The van der Waals surface area contributed by atoms with Crippen molar-refractivity contribution in [1.82, 2.24) is 0 Å². The summed E-state index contributed by atoms with van der Waals surface area (Å²) in [7, 11) is 0. The third-order valence-corrected chi connectivity index (χ3v) is 3.23. The van der Waals surface area contributed by atoms with Gasteiger partial charge in [-0.05, 0) is 25.3 Å². The SMILES string of the molecule is CC(C)Oc1cc(OCc2cccs2)c(N)cc1F. The average Bonchev–Trinajstić information content (AvgIpc) is 2.83. The van der Waals surface area contributed by atoms with Gasteiger partial charge in [0.2, 0.25) is 0 Å². The number of ether oxygens (including phenoxy) is 2. The molecule has 2 aromatic rings. The Morgan fingerprint density at radius 1 is 1.32 bits per heavy atom. The van der Waals surface area contributed by atoms with E-state index in [2.05, 4.69) is 0 Å². The molecule has 0 radical (unpaired) electrons. The maximum absolute atomic E-state index is 13.6. The van der Waals surface area contributed by atoms with E-state index in [1.165, 1.54) is 12.1 Å². The minimum Gasteiger partial charge on any atom is -0.488 e. The van der Waals surface area contributed by atoms with Gasteiger partial charge in [0.15, 0.2) is 11.6 Å². The van der Waals surface area contributed by atoms with Crippen molar-refractivity contribution in [2.45, 2.75) is 26.6 Å². The normalized spacial score (nSPS) is 10.7. The summed E-state index contributed by atoms with van der Waals surface area (Å²) in [5.74, 6) is 0.116. The van der Waals surface area contributed by atoms with Crippen molar-refractivity contribution in [2.75, 3.05) is 5.73 Å². The summed E-state index contributed by atoms with van der Waals surface area (Å²) in [5.41, 5.74) is 6.01. The number of halogens is 1. The standard InChI is InChI=1S/C14H16FNO2S/c1-9(2)18-13-7-14(12(16)6-11(13)15)17-8-10-4-3-5-19-10/h3-7,9H,8,16H2,1-2H3. The minimum atomic E-state index is -0.477. The van der Waals surface area contributed by atoms with E-state index < -0.39 is 5.82 Å². The second-order valence-electron chi connectivity index (χ2n) is 4.36. The van der Waals surface area contributed by atoms with Crippen LogP contribution in [0.1, 0.15) is 18.7 Å². The zero-order valence-electron chi connectivity index (χ0n) is 10.9. The fourth-order valence-corrected chi connectivity index (χ4v) is 2.18. The smallest absolute Gasteiger partial charge is 0.167 e. The highest BCUT2D eigenvalue weighted by atomic mass is 32.1. The maximum atomic E-state index is 13.6. The van der Waals surface area contributed by atoms with Gasteiger partial charge in [-0.25, -0.2) is 4.39 Å². The summed E-state index contributed by atoms with van der Waals surface area (Å²) in [6.45, 7) is 4.08. The van der Waals surface area contributed by atoms with Crippen LogP contribution in [0, 0.1) is 5.82 Å². The van der Waals surface area contributed by atoms with Crippen LogP contribution >= 0.6 is 11.3 Å². The lowest BCUT2D eigenvalue weighted by Crippen LogP contribution is -2.08. The van der Waals surface area contributed by atoms with E-state index in [0.29, 0.717) is 12.4 Å². The van der Waals surface area contributed by atoms with Crippen LogP contribution in [0.25, 0.3) is 0 Å². The molecule has 102 valence electrons. The molecule has 0 spiro atoms. The molecule has 3 nitrogen and oxygen atoms in total. The average molecular weight is 281 g/mol. The first-order valence-corrected chi connectivity index (χ1v) is 6.85. The van der Waals surface area contributed by atoms with Gasteiger partial charge in [-0.15, -0.1) is 11.3 Å². The van der Waals surface area contributed by atoms with Crippen LogP contribution in [0.15, 0.2) is 29.6 Å². The van der Waals surface area contributed by atoms with E-state index >= 15 is 0 Å². The monoisotopic (exact) mass is 281 g/mol. The quantitative estimate of drug-likeness (QED) is 0.847. The number of nitrogen functional groups attached to an aromatic ring is 1. The Labute approximate surface area is 115 Å². The van der Waals surface area contributed by atoms with Gasteiger partial charge < -0.3 is 15.2 Å². The molecule has 0 saturated carbocycles. The maximum Gasteiger partial charge on any atom is 0.167 e. The molecule has 0 aliphatic rings. The lowest BCUT2D eigenvalue weighted by molar-refractivity contribution is 0.228. The topological polar surface area (TPSA) is 44.5 Å². The first kappa shape index (κ1) is 13.7. The van der Waals surface area contributed by atoms with E-state index in [0.717, 1.165) is 4.88 Å². The van der Waals surface area contributed by atoms with Crippen LogP contribution in [0.2, 0.25) is 0 Å². The summed E-state index contributed by atoms with van der Waals surface area (Å²) in [4.78, 5) is 1.08. The number of hydrogen-bond donors (Lipinski definition) is 1. The van der Waals surface area contributed by atoms with Crippen molar-refractivity contribution in [1.29, 1.82) is 0 Å². The van der Waals surface area contributed by atoms with E-state index in [1.54, 1.807) is 11.3 Å². The molecule has 0 aliphatic heterocycles. The summed E-state index contributed by atoms with van der Waals surface area (Å²) in [6, 6.07) is 6.64. The molecule has 2 N–H and O–H groups in total. The van der Waals surface area contributed by atoms with Crippen LogP contribution in [-0.4, -0.2) is 6.10 Å². The molecule has 1 heterocycles. The van der Waals surface area contributed by atoms with E-state index in [-0.39, 0.29) is 17.5 Å². The number of benzene rings is 1. The Bertz CT molecular complexity index is 541. The highest BCUT2D eigenvalue weighted by Crippen LogP contribution is 2.31. The van der Waals surface area contributed by atoms with Crippen LogP contribution in [0.4, 0.5) is 10.1 Å². The summed E-state index contributed by atoms with van der Waals surface area (Å²) >= 11 is 1.59. The van der Waals surface area contributed by atoms with Gasteiger partial charge in [-0.2, -0.15) is 0 Å². The predicted molar refractivity (Wildman–Crippen MR) is 75.2 cm³/mol. The van der Waals surface area contributed by atoms with Gasteiger partial charge in [0.25, 0.3) is 0 Å². The van der Waals surface area contributed by atoms with E-state index in [1.807, 2.05) is 31.4 Å². The van der Waals surface area contributed by atoms with Crippen molar-refractivity contribution in [3.05, 3.63) is 40.3 Å². The third-order valence-electron chi connectivity index (χ3n) is 2.38. The fourth-order valence-electron chi connectivity index (χ4n) is 1.56. The van der Waals surface area contributed by atoms with Crippen molar-refractivity contribution >= 4 is 17.0 Å². The Morgan fingerprint density at radius 2 is 2.11 bits per heavy atom. The molecule has 19 heavy (non-hydrogen) atoms. The van der Waals surface area contributed by atoms with Crippen LogP contribution in [0.3, 0.4) is 0 Å².